The number of hydrogen-bond donors (Lipinski definition) is 2. The molecule has 3 rings (SSSR count). The Labute approximate surface area is 190 Å². The van der Waals surface area contributed by atoms with E-state index in [4.69, 9.17) is 4.74 Å². The van der Waals surface area contributed by atoms with E-state index >= 15 is 0 Å². The van der Waals surface area contributed by atoms with E-state index in [0.717, 1.165) is 32.9 Å². The number of imide groups is 1. The summed E-state index contributed by atoms with van der Waals surface area (Å²) in [6.45, 7) is 13.8. The highest BCUT2D eigenvalue weighted by molar-refractivity contribution is 6.07. The van der Waals surface area contributed by atoms with E-state index in [1.54, 1.807) is 6.92 Å². The molecule has 172 valence electrons. The average Bonchev–Trinajstić information content (AvgIpc) is 2.94. The highest BCUT2D eigenvalue weighted by atomic mass is 16.5. The lowest BCUT2D eigenvalue weighted by Crippen LogP contribution is -2.42. The molecule has 0 aromatic heterocycles. The van der Waals surface area contributed by atoms with Gasteiger partial charge in [0.05, 0.1) is 6.54 Å². The van der Waals surface area contributed by atoms with Crippen LogP contribution in [0.2, 0.25) is 0 Å². The predicted molar refractivity (Wildman–Crippen MR) is 125 cm³/mol. The molecule has 0 aliphatic carbocycles. The maximum atomic E-state index is 13.2. The van der Waals surface area contributed by atoms with Crippen LogP contribution in [0.5, 0.6) is 5.75 Å². The molecule has 2 atom stereocenters. The molecule has 2 N–H and O–H groups in total. The van der Waals surface area contributed by atoms with E-state index < -0.39 is 17.7 Å². The number of benzene rings is 2. The van der Waals surface area contributed by atoms with Gasteiger partial charge in [-0.3, -0.25) is 9.69 Å². The fourth-order valence-corrected chi connectivity index (χ4v) is 3.95. The summed E-state index contributed by atoms with van der Waals surface area (Å²) in [6.07, 6.45) is -1.00. The van der Waals surface area contributed by atoms with Gasteiger partial charge in [0.15, 0.2) is 0 Å². The summed E-state index contributed by atoms with van der Waals surface area (Å²) in [6, 6.07) is 11.2. The zero-order valence-electron chi connectivity index (χ0n) is 20.1. The number of ether oxygens (including phenoxy) is 1. The first-order valence-electron chi connectivity index (χ1n) is 11.0. The minimum atomic E-state index is -1.17. The molecule has 2 aromatic carbocycles. The third-order valence-corrected chi connectivity index (χ3v) is 6.29. The zero-order chi connectivity index (χ0) is 23.8. The Morgan fingerprint density at radius 1 is 1.03 bits per heavy atom. The van der Waals surface area contributed by atoms with E-state index in [1.807, 2.05) is 57.2 Å². The molecule has 1 fully saturated rings. The summed E-state index contributed by atoms with van der Waals surface area (Å²) >= 11 is 0. The largest absolute Gasteiger partial charge is 0.490 e. The van der Waals surface area contributed by atoms with Crippen molar-refractivity contribution in [3.05, 3.63) is 64.2 Å². The van der Waals surface area contributed by atoms with E-state index in [9.17, 15) is 14.7 Å². The average molecular weight is 439 g/mol. The number of urea groups is 1. The first-order chi connectivity index (χ1) is 14.8. The molecule has 32 heavy (non-hydrogen) atoms. The first kappa shape index (κ1) is 23.8. The maximum absolute atomic E-state index is 13.2. The van der Waals surface area contributed by atoms with Crippen LogP contribution in [0.3, 0.4) is 0 Å². The van der Waals surface area contributed by atoms with Gasteiger partial charge in [0.2, 0.25) is 0 Å². The summed E-state index contributed by atoms with van der Waals surface area (Å²) in [7, 11) is 0. The molecule has 2 aromatic rings. The lowest BCUT2D eigenvalue weighted by Gasteiger charge is -2.25. The molecule has 6 nitrogen and oxygen atoms in total. The third kappa shape index (κ3) is 4.51. The topological polar surface area (TPSA) is 78.9 Å². The Morgan fingerprint density at radius 3 is 2.22 bits per heavy atom. The molecule has 1 saturated heterocycles. The smallest absolute Gasteiger partial charge is 0.325 e. The number of nitrogens with zero attached hydrogens (tertiary/aromatic N) is 1. The Morgan fingerprint density at radius 2 is 1.62 bits per heavy atom. The number of aliphatic hydroxyl groups excluding tert-OH is 1. The minimum absolute atomic E-state index is 0.00743. The van der Waals surface area contributed by atoms with Crippen LogP contribution < -0.4 is 10.1 Å². The number of β-amino-alcohol motifs (C(OH)–C–C–N with tert-alkyl or cyclic N) is 1. The van der Waals surface area contributed by atoms with Crippen LogP contribution >= 0.6 is 0 Å². The quantitative estimate of drug-likeness (QED) is 0.665. The van der Waals surface area contributed by atoms with Gasteiger partial charge in [0, 0.05) is 0 Å². The van der Waals surface area contributed by atoms with E-state index in [0.29, 0.717) is 5.56 Å². The van der Waals surface area contributed by atoms with Crippen molar-refractivity contribution in [3.8, 4) is 5.75 Å². The number of rotatable bonds is 6. The van der Waals surface area contributed by atoms with Gasteiger partial charge in [0.1, 0.15) is 24.0 Å². The number of carbonyl (C=O) groups excluding carboxylic acids is 2. The van der Waals surface area contributed by atoms with Crippen molar-refractivity contribution in [1.29, 1.82) is 0 Å². The molecular formula is C26H34N2O4. The number of hydrogen-bond acceptors (Lipinski definition) is 4. The zero-order valence-corrected chi connectivity index (χ0v) is 20.1. The van der Waals surface area contributed by atoms with Crippen molar-refractivity contribution in [2.75, 3.05) is 13.2 Å². The Hall–Kier alpha value is -2.86. The van der Waals surface area contributed by atoms with Gasteiger partial charge in [-0.25, -0.2) is 4.79 Å². The van der Waals surface area contributed by atoms with Crippen LogP contribution in [-0.2, 0) is 15.7 Å². The fourth-order valence-electron chi connectivity index (χ4n) is 3.95. The van der Waals surface area contributed by atoms with Crippen molar-refractivity contribution in [2.24, 2.45) is 0 Å². The second-order valence-corrected chi connectivity index (χ2v) is 9.92. The molecule has 0 saturated carbocycles. The SMILES string of the molecule is Cc1ccc(C)c(OCC(O)CN2C(=O)NC(C)(c3ccc(C(C)(C)C)cc3)C2=O)c1C. The second kappa shape index (κ2) is 8.58. The van der Waals surface area contributed by atoms with Crippen molar-refractivity contribution in [3.63, 3.8) is 0 Å². The van der Waals surface area contributed by atoms with Gasteiger partial charge in [-0.05, 0) is 60.9 Å². The van der Waals surface area contributed by atoms with Crippen LogP contribution in [0.15, 0.2) is 36.4 Å². The van der Waals surface area contributed by atoms with Crippen LogP contribution in [0.1, 0.15) is 55.5 Å². The number of carbonyl (C=O) groups is 2. The van der Waals surface area contributed by atoms with Crippen molar-refractivity contribution >= 4 is 11.9 Å². The molecule has 1 aliphatic rings. The second-order valence-electron chi connectivity index (χ2n) is 9.92. The van der Waals surface area contributed by atoms with Gasteiger partial charge in [-0.15, -0.1) is 0 Å². The monoisotopic (exact) mass is 438 g/mol. The Kier molecular flexibility index (Phi) is 6.38. The van der Waals surface area contributed by atoms with Gasteiger partial charge >= 0.3 is 6.03 Å². The molecule has 0 bridgehead atoms. The number of nitrogens with one attached hydrogen (secondary N) is 1. The summed E-state index contributed by atoms with van der Waals surface area (Å²) in [4.78, 5) is 26.8. The van der Waals surface area contributed by atoms with Crippen LogP contribution in [0.25, 0.3) is 0 Å². The van der Waals surface area contributed by atoms with Crippen LogP contribution in [0.4, 0.5) is 4.79 Å². The number of amides is 3. The number of aliphatic hydroxyl groups is 1. The van der Waals surface area contributed by atoms with Crippen LogP contribution in [-0.4, -0.2) is 41.2 Å². The summed E-state index contributed by atoms with van der Waals surface area (Å²) in [5.41, 5.74) is 3.77. The van der Waals surface area contributed by atoms with E-state index in [-0.39, 0.29) is 24.5 Å². The predicted octanol–water partition coefficient (Wildman–Crippen LogP) is 4.12. The molecule has 3 amide bonds. The van der Waals surface area contributed by atoms with Crippen molar-refractivity contribution < 1.29 is 19.4 Å². The lowest BCUT2D eigenvalue weighted by atomic mass is 9.84. The van der Waals surface area contributed by atoms with Gasteiger partial charge < -0.3 is 15.2 Å². The summed E-state index contributed by atoms with van der Waals surface area (Å²) < 4.78 is 5.85. The third-order valence-electron chi connectivity index (χ3n) is 6.29. The van der Waals surface area contributed by atoms with Gasteiger partial charge in [-0.1, -0.05) is 57.2 Å². The summed E-state index contributed by atoms with van der Waals surface area (Å²) in [5.74, 6) is 0.345. The van der Waals surface area contributed by atoms with Crippen molar-refractivity contribution in [2.45, 2.75) is 65.5 Å². The van der Waals surface area contributed by atoms with E-state index in [2.05, 4.69) is 26.1 Å². The normalized spacial score (nSPS) is 19.8. The minimum Gasteiger partial charge on any atom is -0.490 e. The fraction of sp³-hybridized carbons (Fsp3) is 0.462. The van der Waals surface area contributed by atoms with E-state index in [1.165, 1.54) is 0 Å². The lowest BCUT2D eigenvalue weighted by molar-refractivity contribution is -0.132. The highest BCUT2D eigenvalue weighted by Crippen LogP contribution is 2.31. The molecule has 2 unspecified atom stereocenters. The molecule has 1 aliphatic heterocycles. The van der Waals surface area contributed by atoms with Crippen molar-refractivity contribution in [1.82, 2.24) is 10.2 Å². The molecular weight excluding hydrogens is 404 g/mol. The maximum Gasteiger partial charge on any atom is 0.325 e. The number of aryl methyl sites for hydroxylation is 2. The molecule has 6 heteroatoms. The molecule has 0 spiro atoms. The molecule has 0 radical (unpaired) electrons. The molecule has 1 heterocycles. The highest BCUT2D eigenvalue weighted by Gasteiger charge is 2.49. The van der Waals surface area contributed by atoms with Gasteiger partial charge in [-0.2, -0.15) is 0 Å². The standard InChI is InChI=1S/C26H34N2O4/c1-16-8-9-17(2)22(18(16)3)32-15-21(29)14-28-23(30)26(7,27-24(28)31)20-12-10-19(11-13-20)25(4,5)6/h8-13,21,29H,14-15H2,1-7H3,(H,27,31). The van der Waals surface area contributed by atoms with Crippen LogP contribution in [0, 0.1) is 20.8 Å². The summed E-state index contributed by atoms with van der Waals surface area (Å²) in [5, 5.41) is 13.3. The first-order valence-corrected chi connectivity index (χ1v) is 11.0. The van der Waals surface area contributed by atoms with Gasteiger partial charge in [0.25, 0.3) is 5.91 Å². The Bertz CT molecular complexity index is 1020. The Balaban J connectivity index is 1.70.